The third kappa shape index (κ3) is 10.0. The van der Waals surface area contributed by atoms with Gasteiger partial charge in [0.05, 0.1) is 17.0 Å². The van der Waals surface area contributed by atoms with E-state index in [0.717, 1.165) is 54.6 Å². The van der Waals surface area contributed by atoms with Gasteiger partial charge in [-0.05, 0) is 62.9 Å². The van der Waals surface area contributed by atoms with Gasteiger partial charge in [0, 0.05) is 56.2 Å². The Morgan fingerprint density at radius 2 is 1.77 bits per heavy atom. The Hall–Kier alpha value is -5.02. The first-order valence-electron chi connectivity index (χ1n) is 19.1. The van der Waals surface area contributed by atoms with Gasteiger partial charge >= 0.3 is 11.0 Å². The minimum absolute atomic E-state index is 0.0257. The SMILES string of the molecule is CC(C)(C)OC(=O)N(CCC(=O)Nc1ccc(CNCC(O)c2ccc(O)c3[nH]c(=O)sc23)cc1)CCc1cnc(C(O)(c2ccccc2)C2CCCCC2)o1. The Morgan fingerprint density at radius 1 is 1.04 bits per heavy atom. The number of oxazole rings is 1. The van der Waals surface area contributed by atoms with Crippen molar-refractivity contribution in [2.75, 3.05) is 25.0 Å². The number of nitrogens with one attached hydrogen (secondary N) is 3. The Bertz CT molecular complexity index is 2140. The molecule has 0 bridgehead atoms. The molecule has 2 unspecified atom stereocenters. The number of thiazole rings is 1. The lowest BCUT2D eigenvalue weighted by molar-refractivity contribution is -0.116. The van der Waals surface area contributed by atoms with Gasteiger partial charge in [-0.3, -0.25) is 9.59 Å². The van der Waals surface area contributed by atoms with E-state index in [1.165, 1.54) is 11.0 Å². The summed E-state index contributed by atoms with van der Waals surface area (Å²) in [4.78, 5) is 46.5. The number of phenols is 1. The van der Waals surface area contributed by atoms with Crippen molar-refractivity contribution >= 4 is 39.2 Å². The quantitative estimate of drug-likeness (QED) is 0.0664. The number of carbonyl (C=O) groups excluding carboxylic acids is 2. The minimum atomic E-state index is -1.37. The summed E-state index contributed by atoms with van der Waals surface area (Å²) in [6.07, 6.45) is 5.45. The Labute approximate surface area is 329 Å². The number of aliphatic hydroxyl groups excluding tert-OH is 1. The van der Waals surface area contributed by atoms with Gasteiger partial charge in [-0.1, -0.05) is 79.1 Å². The van der Waals surface area contributed by atoms with Crippen LogP contribution in [0.2, 0.25) is 0 Å². The fraction of sp³-hybridized carbons (Fsp3) is 0.429. The van der Waals surface area contributed by atoms with Crippen LogP contribution < -0.4 is 15.5 Å². The zero-order valence-corrected chi connectivity index (χ0v) is 32.9. The molecule has 6 rings (SSSR count). The Kier molecular flexibility index (Phi) is 12.9. The summed E-state index contributed by atoms with van der Waals surface area (Å²) < 4.78 is 12.4. The molecule has 0 aliphatic heterocycles. The molecule has 0 radical (unpaired) electrons. The first-order chi connectivity index (χ1) is 26.8. The molecular formula is C42H51N5O8S. The van der Waals surface area contributed by atoms with E-state index in [2.05, 4.69) is 20.6 Å². The number of H-pyrrole nitrogens is 1. The fourth-order valence-electron chi connectivity index (χ4n) is 7.14. The van der Waals surface area contributed by atoms with Crippen molar-refractivity contribution in [2.24, 2.45) is 5.92 Å². The van der Waals surface area contributed by atoms with Gasteiger partial charge in [-0.25, -0.2) is 9.78 Å². The standard InChI is InChI=1S/C42H51N5O8S/c1-41(2,3)55-40(52)47(22-20-31-25-44-38(54-31)42(53,28-10-6-4-7-11-28)29-12-8-5-9-13-29)23-21-35(50)45-30-16-14-27(15-17-30)24-43-26-34(49)32-18-19-33(48)36-37(32)56-39(51)46-36/h4,6-7,10-11,14-19,25,29,34,43,48-49,53H,5,8-9,12-13,20-24,26H2,1-3H3,(H,45,50)(H,46,51). The van der Waals surface area contributed by atoms with Crippen LogP contribution in [0.3, 0.4) is 0 Å². The highest BCUT2D eigenvalue weighted by atomic mass is 32.1. The highest BCUT2D eigenvalue weighted by Gasteiger charge is 2.44. The van der Waals surface area contributed by atoms with Gasteiger partial charge in [0.15, 0.2) is 5.60 Å². The number of amides is 2. The monoisotopic (exact) mass is 785 g/mol. The van der Waals surface area contributed by atoms with Crippen LogP contribution in [-0.4, -0.2) is 67.4 Å². The normalized spacial score (nSPS) is 15.3. The predicted octanol–water partition coefficient (Wildman–Crippen LogP) is 6.73. The predicted molar refractivity (Wildman–Crippen MR) is 214 cm³/mol. The second-order valence-electron chi connectivity index (χ2n) is 15.4. The molecule has 3 aromatic carbocycles. The lowest BCUT2D eigenvalue weighted by Gasteiger charge is -2.36. The molecule has 1 aliphatic carbocycles. The van der Waals surface area contributed by atoms with Gasteiger partial charge in [0.2, 0.25) is 11.8 Å². The van der Waals surface area contributed by atoms with Crippen LogP contribution in [0.25, 0.3) is 10.2 Å². The average Bonchev–Trinajstić information content (AvgIpc) is 3.83. The van der Waals surface area contributed by atoms with Crippen molar-refractivity contribution in [2.45, 2.75) is 89.6 Å². The van der Waals surface area contributed by atoms with Crippen molar-refractivity contribution in [1.82, 2.24) is 20.2 Å². The summed E-state index contributed by atoms with van der Waals surface area (Å²) in [7, 11) is 0. The number of fused-ring (bicyclic) bond motifs is 1. The number of aromatic amines is 1. The number of aromatic nitrogens is 2. The van der Waals surface area contributed by atoms with Gasteiger partial charge in [-0.15, -0.1) is 0 Å². The molecule has 13 nitrogen and oxygen atoms in total. The van der Waals surface area contributed by atoms with Crippen LogP contribution in [0.5, 0.6) is 5.75 Å². The van der Waals surface area contributed by atoms with Crippen LogP contribution in [0, 0.1) is 5.92 Å². The van der Waals surface area contributed by atoms with E-state index in [1.807, 2.05) is 42.5 Å². The number of ether oxygens (including phenoxy) is 1. The second kappa shape index (κ2) is 17.8. The maximum absolute atomic E-state index is 13.3. The number of hydrogen-bond donors (Lipinski definition) is 6. The minimum Gasteiger partial charge on any atom is -0.506 e. The summed E-state index contributed by atoms with van der Waals surface area (Å²) >= 11 is 0.939. The number of nitrogens with zero attached hydrogens (tertiary/aromatic N) is 2. The second-order valence-corrected chi connectivity index (χ2v) is 16.3. The lowest BCUT2D eigenvalue weighted by Crippen LogP contribution is -2.39. The number of benzene rings is 3. The van der Waals surface area contributed by atoms with Crippen LogP contribution in [0.4, 0.5) is 10.5 Å². The van der Waals surface area contributed by atoms with Crippen molar-refractivity contribution < 1.29 is 34.1 Å². The summed E-state index contributed by atoms with van der Waals surface area (Å²) in [6.45, 7) is 6.34. The molecule has 1 saturated carbocycles. The number of aromatic hydroxyl groups is 1. The van der Waals surface area contributed by atoms with Gasteiger partial charge in [-0.2, -0.15) is 0 Å². The summed E-state index contributed by atoms with van der Waals surface area (Å²) in [6, 6.07) is 19.9. The van der Waals surface area contributed by atoms with Gasteiger partial charge < -0.3 is 45.0 Å². The molecule has 1 fully saturated rings. The molecule has 1 aliphatic rings. The van der Waals surface area contributed by atoms with Crippen LogP contribution in [0.1, 0.15) is 93.7 Å². The molecule has 0 spiro atoms. The van der Waals surface area contributed by atoms with Crippen molar-refractivity contribution in [3.05, 3.63) is 111 Å². The van der Waals surface area contributed by atoms with Gasteiger partial charge in [0.1, 0.15) is 22.6 Å². The molecule has 2 aromatic heterocycles. The first-order valence-corrected chi connectivity index (χ1v) is 19.9. The van der Waals surface area contributed by atoms with E-state index >= 15 is 0 Å². The molecule has 298 valence electrons. The third-order valence-electron chi connectivity index (χ3n) is 10.0. The molecule has 56 heavy (non-hydrogen) atoms. The molecule has 14 heteroatoms. The first kappa shape index (κ1) is 40.6. The Morgan fingerprint density at radius 3 is 2.48 bits per heavy atom. The van der Waals surface area contributed by atoms with E-state index < -0.39 is 23.4 Å². The summed E-state index contributed by atoms with van der Waals surface area (Å²) in [5.41, 5.74) is 1.02. The highest BCUT2D eigenvalue weighted by molar-refractivity contribution is 7.16. The average molecular weight is 786 g/mol. The van der Waals surface area contributed by atoms with Crippen molar-refractivity contribution in [1.29, 1.82) is 0 Å². The van der Waals surface area contributed by atoms with E-state index in [0.29, 0.717) is 40.2 Å². The fourth-order valence-corrected chi connectivity index (χ4v) is 8.06. The maximum atomic E-state index is 13.3. The largest absolute Gasteiger partial charge is 0.506 e. The molecule has 2 amide bonds. The number of rotatable bonds is 15. The smallest absolute Gasteiger partial charge is 0.410 e. The lowest BCUT2D eigenvalue weighted by atomic mass is 9.73. The summed E-state index contributed by atoms with van der Waals surface area (Å²) in [5.74, 6) is 0.418. The molecule has 6 N–H and O–H groups in total. The van der Waals surface area contributed by atoms with E-state index in [4.69, 9.17) is 9.15 Å². The number of carbonyl (C=O) groups is 2. The Balaban J connectivity index is 1.02. The van der Waals surface area contributed by atoms with E-state index in [9.17, 15) is 29.7 Å². The van der Waals surface area contributed by atoms with Crippen LogP contribution in [-0.2, 0) is 28.1 Å². The van der Waals surface area contributed by atoms with Crippen LogP contribution in [0.15, 0.2) is 82.1 Å². The molecule has 2 heterocycles. The molecule has 5 aromatic rings. The third-order valence-corrected chi connectivity index (χ3v) is 11.0. The van der Waals surface area contributed by atoms with Crippen molar-refractivity contribution in [3.8, 4) is 5.75 Å². The number of aliphatic hydroxyl groups is 2. The number of anilines is 1. The van der Waals surface area contributed by atoms with E-state index in [-0.39, 0.29) is 54.4 Å². The molecular weight excluding hydrogens is 735 g/mol. The molecule has 2 atom stereocenters. The zero-order valence-electron chi connectivity index (χ0n) is 32.0. The number of hydrogen-bond acceptors (Lipinski definition) is 11. The van der Waals surface area contributed by atoms with Gasteiger partial charge in [0.25, 0.3) is 0 Å². The van der Waals surface area contributed by atoms with E-state index in [1.54, 1.807) is 45.2 Å². The maximum Gasteiger partial charge on any atom is 0.410 e. The molecule has 0 saturated heterocycles. The number of phenolic OH excluding ortho intramolecular Hbond substituents is 1. The zero-order chi connectivity index (χ0) is 39.9. The van der Waals surface area contributed by atoms with Crippen molar-refractivity contribution in [3.63, 3.8) is 0 Å². The van der Waals surface area contributed by atoms with Crippen LogP contribution >= 0.6 is 11.3 Å². The summed E-state index contributed by atoms with van der Waals surface area (Å²) in [5, 5.41) is 39.1. The topological polar surface area (TPSA) is 190 Å². The highest BCUT2D eigenvalue weighted by Crippen LogP contribution is 2.43.